The Hall–Kier alpha value is -1.42. The van der Waals surface area contributed by atoms with Crippen LogP contribution < -0.4 is 4.90 Å². The van der Waals surface area contributed by atoms with Crippen molar-refractivity contribution in [2.45, 2.75) is 64.9 Å². The molecule has 0 amide bonds. The number of hydrogen-bond acceptors (Lipinski definition) is 4. The number of nitrogens with zero attached hydrogens (tertiary/aromatic N) is 3. The third-order valence-electron chi connectivity index (χ3n) is 5.27. The average Bonchev–Trinajstić information content (AvgIpc) is 2.55. The van der Waals surface area contributed by atoms with Crippen LogP contribution in [-0.4, -0.2) is 30.2 Å². The Labute approximate surface area is 146 Å². The number of anilines is 1. The van der Waals surface area contributed by atoms with Gasteiger partial charge in [-0.05, 0) is 37.5 Å². The van der Waals surface area contributed by atoms with Gasteiger partial charge in [-0.3, -0.25) is 0 Å². The molecule has 0 bridgehead atoms. The molecular weight excluding hydrogens is 298 g/mol. The van der Waals surface area contributed by atoms with E-state index >= 15 is 0 Å². The number of hydrogen-bond donors (Lipinski definition) is 0. The van der Waals surface area contributed by atoms with Crippen LogP contribution in [0, 0.1) is 5.41 Å². The largest absolute Gasteiger partial charge is 0.378 e. The van der Waals surface area contributed by atoms with E-state index in [1.165, 1.54) is 32.1 Å². The highest BCUT2D eigenvalue weighted by Gasteiger charge is 2.36. The molecule has 0 radical (unpaired) electrons. The zero-order valence-corrected chi connectivity index (χ0v) is 15.6. The van der Waals surface area contributed by atoms with Gasteiger partial charge < -0.3 is 9.64 Å². The summed E-state index contributed by atoms with van der Waals surface area (Å²) in [5.74, 6) is 1.99. The molecule has 1 aromatic rings. The molecule has 0 N–H and O–H groups in total. The molecular formula is C20H31N3O. The van der Waals surface area contributed by atoms with Crippen LogP contribution >= 0.6 is 0 Å². The van der Waals surface area contributed by atoms with Crippen LogP contribution in [-0.2, 0) is 16.8 Å². The molecule has 4 nitrogen and oxygen atoms in total. The molecule has 1 fully saturated rings. The van der Waals surface area contributed by atoms with Crippen LogP contribution in [0.3, 0.4) is 0 Å². The van der Waals surface area contributed by atoms with Crippen molar-refractivity contribution in [3.8, 4) is 0 Å². The van der Waals surface area contributed by atoms with E-state index in [4.69, 9.17) is 14.7 Å². The van der Waals surface area contributed by atoms with Gasteiger partial charge in [0.2, 0.25) is 0 Å². The number of allylic oxidation sites excluding steroid dienone is 2. The van der Waals surface area contributed by atoms with Crippen LogP contribution in [0.5, 0.6) is 0 Å². The summed E-state index contributed by atoms with van der Waals surface area (Å²) in [6, 6.07) is 2.12. The second-order valence-corrected chi connectivity index (χ2v) is 8.46. The molecule has 1 aliphatic heterocycles. The van der Waals surface area contributed by atoms with Crippen molar-refractivity contribution >= 4 is 5.82 Å². The second-order valence-electron chi connectivity index (χ2n) is 8.46. The Morgan fingerprint density at radius 1 is 1.21 bits per heavy atom. The fraction of sp³-hybridized carbons (Fsp3) is 0.700. The molecule has 1 saturated heterocycles. The first kappa shape index (κ1) is 17.4. The van der Waals surface area contributed by atoms with Crippen molar-refractivity contribution in [3.63, 3.8) is 0 Å². The Balaban J connectivity index is 1.89. The highest BCUT2D eigenvalue weighted by molar-refractivity contribution is 5.42. The normalized spacial score (nSPS) is 24.6. The van der Waals surface area contributed by atoms with E-state index in [0.29, 0.717) is 12.0 Å². The molecule has 24 heavy (non-hydrogen) atoms. The van der Waals surface area contributed by atoms with Gasteiger partial charge in [0.1, 0.15) is 11.6 Å². The number of ether oxygens (including phenoxy) is 1. The third-order valence-corrected chi connectivity index (χ3v) is 5.27. The second kappa shape index (κ2) is 6.83. The lowest BCUT2D eigenvalue weighted by Crippen LogP contribution is -2.44. The van der Waals surface area contributed by atoms with E-state index in [-0.39, 0.29) is 5.41 Å². The van der Waals surface area contributed by atoms with Gasteiger partial charge in [-0.1, -0.05) is 32.9 Å². The highest BCUT2D eigenvalue weighted by atomic mass is 16.5. The Morgan fingerprint density at radius 2 is 2.04 bits per heavy atom. The van der Waals surface area contributed by atoms with E-state index in [9.17, 15) is 0 Å². The first-order valence-corrected chi connectivity index (χ1v) is 9.19. The van der Waals surface area contributed by atoms with Crippen LogP contribution in [0.1, 0.15) is 64.4 Å². The summed E-state index contributed by atoms with van der Waals surface area (Å²) in [6.07, 6.45) is 11.1. The predicted octanol–water partition coefficient (Wildman–Crippen LogP) is 4.25. The first-order chi connectivity index (χ1) is 11.4. The number of piperidine rings is 1. The van der Waals surface area contributed by atoms with Gasteiger partial charge in [-0.2, -0.15) is 0 Å². The van der Waals surface area contributed by atoms with E-state index in [2.05, 4.69) is 43.9 Å². The third kappa shape index (κ3) is 3.80. The van der Waals surface area contributed by atoms with E-state index in [1.54, 1.807) is 7.11 Å². The summed E-state index contributed by atoms with van der Waals surface area (Å²) in [5.41, 5.74) is 1.37. The number of aromatic nitrogens is 2. The van der Waals surface area contributed by atoms with E-state index < -0.39 is 0 Å². The lowest BCUT2D eigenvalue weighted by atomic mass is 9.71. The summed E-state index contributed by atoms with van der Waals surface area (Å²) in [7, 11) is 1.72. The van der Waals surface area contributed by atoms with Gasteiger partial charge >= 0.3 is 0 Å². The summed E-state index contributed by atoms with van der Waals surface area (Å²) in [6.45, 7) is 9.27. The van der Waals surface area contributed by atoms with Crippen LogP contribution in [0.15, 0.2) is 18.2 Å². The van der Waals surface area contributed by atoms with Crippen molar-refractivity contribution in [3.05, 3.63) is 29.7 Å². The number of methoxy groups -OCH3 is 1. The van der Waals surface area contributed by atoms with Gasteiger partial charge in [0.15, 0.2) is 0 Å². The summed E-state index contributed by atoms with van der Waals surface area (Å²) in [4.78, 5) is 12.1. The van der Waals surface area contributed by atoms with Gasteiger partial charge in [0.25, 0.3) is 0 Å². The van der Waals surface area contributed by atoms with Gasteiger partial charge in [-0.25, -0.2) is 9.97 Å². The summed E-state index contributed by atoms with van der Waals surface area (Å²) < 4.78 is 5.33. The molecule has 4 heteroatoms. The maximum absolute atomic E-state index is 5.33. The lowest BCUT2D eigenvalue weighted by Gasteiger charge is -2.44. The number of rotatable bonds is 3. The standard InChI is InChI=1S/C20H31N3O/c1-19(2,3)18-21-16(14-24-4)13-17(22-18)23-12-8-11-20(15-23)9-6-5-7-10-20/h5-6,13H,7-12,14-15H2,1-4H3. The zero-order valence-electron chi connectivity index (χ0n) is 15.6. The molecule has 1 atom stereocenters. The molecule has 0 saturated carbocycles. The van der Waals surface area contributed by atoms with Crippen LogP contribution in [0.4, 0.5) is 5.82 Å². The molecule has 132 valence electrons. The van der Waals surface area contributed by atoms with Crippen molar-refractivity contribution in [1.82, 2.24) is 9.97 Å². The van der Waals surface area contributed by atoms with Crippen molar-refractivity contribution in [2.24, 2.45) is 5.41 Å². The smallest absolute Gasteiger partial charge is 0.136 e. The lowest BCUT2D eigenvalue weighted by molar-refractivity contribution is 0.180. The molecule has 2 heterocycles. The predicted molar refractivity (Wildman–Crippen MR) is 98.3 cm³/mol. The maximum atomic E-state index is 5.33. The summed E-state index contributed by atoms with van der Waals surface area (Å²) in [5, 5.41) is 0. The molecule has 2 aliphatic rings. The minimum Gasteiger partial charge on any atom is -0.378 e. The van der Waals surface area contributed by atoms with Crippen molar-refractivity contribution in [1.29, 1.82) is 0 Å². The van der Waals surface area contributed by atoms with Crippen LogP contribution in [0.25, 0.3) is 0 Å². The first-order valence-electron chi connectivity index (χ1n) is 9.19. The zero-order chi connectivity index (χ0) is 17.2. The van der Waals surface area contributed by atoms with Crippen molar-refractivity contribution in [2.75, 3.05) is 25.1 Å². The Kier molecular flexibility index (Phi) is 4.95. The van der Waals surface area contributed by atoms with Gasteiger partial charge in [0, 0.05) is 31.7 Å². The topological polar surface area (TPSA) is 38.2 Å². The Morgan fingerprint density at radius 3 is 2.71 bits per heavy atom. The fourth-order valence-electron chi connectivity index (χ4n) is 3.92. The SMILES string of the molecule is COCc1cc(N2CCCC3(CC=CCC3)C2)nc(C(C)(C)C)n1. The molecule has 3 rings (SSSR count). The Bertz CT molecular complexity index is 605. The monoisotopic (exact) mass is 329 g/mol. The van der Waals surface area contributed by atoms with E-state index in [0.717, 1.165) is 30.4 Å². The molecule has 1 aromatic heterocycles. The summed E-state index contributed by atoms with van der Waals surface area (Å²) >= 11 is 0. The molecule has 1 aliphatic carbocycles. The van der Waals surface area contributed by atoms with Crippen LogP contribution in [0.2, 0.25) is 0 Å². The molecule has 1 spiro atoms. The maximum Gasteiger partial charge on any atom is 0.136 e. The minimum atomic E-state index is -0.0560. The average molecular weight is 329 g/mol. The molecule has 0 aromatic carbocycles. The van der Waals surface area contributed by atoms with Gasteiger partial charge in [0.05, 0.1) is 12.3 Å². The van der Waals surface area contributed by atoms with Crippen molar-refractivity contribution < 1.29 is 4.74 Å². The van der Waals surface area contributed by atoms with Gasteiger partial charge in [-0.15, -0.1) is 0 Å². The fourth-order valence-corrected chi connectivity index (χ4v) is 3.92. The van der Waals surface area contributed by atoms with E-state index in [1.807, 2.05) is 0 Å². The molecule has 1 unspecified atom stereocenters. The quantitative estimate of drug-likeness (QED) is 0.777. The minimum absolute atomic E-state index is 0.0560. The highest BCUT2D eigenvalue weighted by Crippen LogP contribution is 2.41.